The molecule has 1 saturated carbocycles. The first-order valence-corrected chi connectivity index (χ1v) is 7.11. The number of hydrogen-bond donors (Lipinski definition) is 1. The normalized spacial score (nSPS) is 26.0. The van der Waals surface area contributed by atoms with Crippen LogP contribution in [0.5, 0.6) is 0 Å². The van der Waals surface area contributed by atoms with Crippen molar-refractivity contribution in [2.75, 3.05) is 4.90 Å². The van der Waals surface area contributed by atoms with Crippen LogP contribution >= 0.6 is 0 Å². The van der Waals surface area contributed by atoms with E-state index in [1.807, 2.05) is 0 Å². The van der Waals surface area contributed by atoms with Crippen molar-refractivity contribution in [3.8, 4) is 0 Å². The maximum atomic E-state index is 14.0. The first-order valence-electron chi connectivity index (χ1n) is 7.11. The molecule has 0 spiro atoms. The van der Waals surface area contributed by atoms with Crippen molar-refractivity contribution in [2.24, 2.45) is 5.92 Å². The fourth-order valence-corrected chi connectivity index (χ4v) is 2.81. The predicted octanol–water partition coefficient (Wildman–Crippen LogP) is 1.98. The number of halogens is 2. The Morgan fingerprint density at radius 3 is 2.62 bits per heavy atom. The molecule has 1 aliphatic carbocycles. The van der Waals surface area contributed by atoms with Crippen LogP contribution in [-0.4, -0.2) is 23.9 Å². The minimum atomic E-state index is -0.802. The maximum absolute atomic E-state index is 14.0. The first-order chi connectivity index (χ1) is 10.0. The van der Waals surface area contributed by atoms with E-state index >= 15 is 0 Å². The minimum absolute atomic E-state index is 0.110. The Kier molecular flexibility index (Phi) is 3.39. The predicted molar refractivity (Wildman–Crippen MR) is 72.6 cm³/mol. The largest absolute Gasteiger partial charge is 0.342 e. The number of rotatable bonds is 3. The van der Waals surface area contributed by atoms with E-state index < -0.39 is 23.7 Å². The molecule has 1 heterocycles. The Morgan fingerprint density at radius 2 is 2.00 bits per heavy atom. The summed E-state index contributed by atoms with van der Waals surface area (Å²) in [6.45, 7) is 1.74. The molecular formula is C15H16F2N2O2. The Morgan fingerprint density at radius 1 is 1.29 bits per heavy atom. The lowest BCUT2D eigenvalue weighted by atomic mass is 10.0. The van der Waals surface area contributed by atoms with Crippen LogP contribution in [0.15, 0.2) is 18.2 Å². The molecule has 2 aliphatic rings. The maximum Gasteiger partial charge on any atom is 0.250 e. The van der Waals surface area contributed by atoms with Crippen LogP contribution in [0.1, 0.15) is 26.2 Å². The highest BCUT2D eigenvalue weighted by atomic mass is 19.1. The zero-order valence-corrected chi connectivity index (χ0v) is 11.6. The highest BCUT2D eigenvalue weighted by molar-refractivity contribution is 6.08. The molecule has 112 valence electrons. The highest BCUT2D eigenvalue weighted by Crippen LogP contribution is 2.37. The molecule has 3 rings (SSSR count). The molecule has 1 aromatic carbocycles. The fourth-order valence-electron chi connectivity index (χ4n) is 2.81. The second kappa shape index (κ2) is 5.09. The van der Waals surface area contributed by atoms with Crippen LogP contribution in [0.25, 0.3) is 0 Å². The third-order valence-corrected chi connectivity index (χ3v) is 4.06. The van der Waals surface area contributed by atoms with E-state index in [9.17, 15) is 18.4 Å². The van der Waals surface area contributed by atoms with Gasteiger partial charge in [0.25, 0.3) is 5.91 Å². The second-order valence-electron chi connectivity index (χ2n) is 5.55. The number of benzene rings is 1. The molecule has 4 nitrogen and oxygen atoms in total. The summed E-state index contributed by atoms with van der Waals surface area (Å²) >= 11 is 0. The monoisotopic (exact) mass is 294 g/mol. The van der Waals surface area contributed by atoms with Crippen LogP contribution < -0.4 is 10.2 Å². The van der Waals surface area contributed by atoms with Gasteiger partial charge in [-0.1, -0.05) is 6.92 Å². The van der Waals surface area contributed by atoms with Crippen LogP contribution in [0.3, 0.4) is 0 Å². The molecule has 1 aliphatic heterocycles. The molecule has 6 heteroatoms. The van der Waals surface area contributed by atoms with Crippen molar-refractivity contribution >= 4 is 17.5 Å². The van der Waals surface area contributed by atoms with Crippen LogP contribution in [0, 0.1) is 17.6 Å². The number of carbonyl (C=O) groups is 2. The molecular weight excluding hydrogens is 278 g/mol. The third-order valence-electron chi connectivity index (χ3n) is 4.06. The molecule has 2 atom stereocenters. The molecule has 1 N–H and O–H groups in total. The smallest absolute Gasteiger partial charge is 0.250 e. The molecule has 1 aromatic rings. The van der Waals surface area contributed by atoms with Gasteiger partial charge in [-0.2, -0.15) is 0 Å². The van der Waals surface area contributed by atoms with E-state index in [4.69, 9.17) is 0 Å². The Bertz CT molecular complexity index is 601. The highest BCUT2D eigenvalue weighted by Gasteiger charge is 2.47. The third kappa shape index (κ3) is 2.39. The molecule has 2 unspecified atom stereocenters. The van der Waals surface area contributed by atoms with Gasteiger partial charge >= 0.3 is 0 Å². The van der Waals surface area contributed by atoms with E-state index in [1.165, 1.54) is 0 Å². The van der Waals surface area contributed by atoms with Gasteiger partial charge in [-0.15, -0.1) is 0 Å². The van der Waals surface area contributed by atoms with Gasteiger partial charge in [-0.25, -0.2) is 8.78 Å². The summed E-state index contributed by atoms with van der Waals surface area (Å²) in [5, 5.41) is 2.72. The van der Waals surface area contributed by atoms with Gasteiger partial charge in [0.2, 0.25) is 5.91 Å². The van der Waals surface area contributed by atoms with Gasteiger partial charge in [-0.05, 0) is 37.3 Å². The van der Waals surface area contributed by atoms with E-state index in [-0.39, 0.29) is 23.4 Å². The number of nitrogens with one attached hydrogen (secondary N) is 1. The van der Waals surface area contributed by atoms with Crippen molar-refractivity contribution in [1.82, 2.24) is 5.32 Å². The van der Waals surface area contributed by atoms with Crippen LogP contribution in [0.4, 0.5) is 14.5 Å². The van der Waals surface area contributed by atoms with Crippen LogP contribution in [0.2, 0.25) is 0 Å². The van der Waals surface area contributed by atoms with Gasteiger partial charge in [0.1, 0.15) is 23.7 Å². The van der Waals surface area contributed by atoms with E-state index in [0.29, 0.717) is 6.42 Å². The number of amides is 2. The summed E-state index contributed by atoms with van der Waals surface area (Å²) in [6, 6.07) is 1.51. The van der Waals surface area contributed by atoms with Gasteiger partial charge in [0, 0.05) is 6.07 Å². The number of carbonyl (C=O) groups excluding carboxylic acids is 2. The summed E-state index contributed by atoms with van der Waals surface area (Å²) in [7, 11) is 0. The summed E-state index contributed by atoms with van der Waals surface area (Å²) in [4.78, 5) is 25.9. The van der Waals surface area contributed by atoms with E-state index in [1.54, 1.807) is 6.92 Å². The second-order valence-corrected chi connectivity index (χ2v) is 5.55. The SMILES string of the molecule is CCC1C(=O)NC(C2CC2)C(=O)N1c1cc(F)ccc1F. The lowest BCUT2D eigenvalue weighted by Gasteiger charge is -2.38. The van der Waals surface area contributed by atoms with Gasteiger partial charge in [0.15, 0.2) is 0 Å². The minimum Gasteiger partial charge on any atom is -0.342 e. The lowest BCUT2D eigenvalue weighted by Crippen LogP contribution is -2.64. The van der Waals surface area contributed by atoms with Gasteiger partial charge < -0.3 is 5.32 Å². The zero-order chi connectivity index (χ0) is 15.1. The summed E-state index contributed by atoms with van der Waals surface area (Å²) < 4.78 is 27.4. The average Bonchev–Trinajstić information content (AvgIpc) is 3.28. The Labute approximate surface area is 121 Å². The number of nitrogens with zero attached hydrogens (tertiary/aromatic N) is 1. The van der Waals surface area contributed by atoms with Gasteiger partial charge in [-0.3, -0.25) is 14.5 Å². The van der Waals surface area contributed by atoms with Crippen LogP contribution in [-0.2, 0) is 9.59 Å². The van der Waals surface area contributed by atoms with Crippen molar-refractivity contribution in [3.63, 3.8) is 0 Å². The lowest BCUT2D eigenvalue weighted by molar-refractivity contribution is -0.134. The number of piperazine rings is 1. The van der Waals surface area contributed by atoms with Crippen molar-refractivity contribution in [3.05, 3.63) is 29.8 Å². The molecule has 21 heavy (non-hydrogen) atoms. The summed E-state index contributed by atoms with van der Waals surface area (Å²) in [5.74, 6) is -1.89. The quantitative estimate of drug-likeness (QED) is 0.927. The molecule has 2 fully saturated rings. The van der Waals surface area contributed by atoms with E-state index in [0.717, 1.165) is 35.9 Å². The molecule has 0 bridgehead atoms. The Hall–Kier alpha value is -1.98. The fraction of sp³-hybridized carbons (Fsp3) is 0.467. The molecule has 0 radical (unpaired) electrons. The summed E-state index contributed by atoms with van der Waals surface area (Å²) in [6.07, 6.45) is 2.07. The number of hydrogen-bond acceptors (Lipinski definition) is 2. The van der Waals surface area contributed by atoms with Crippen molar-refractivity contribution in [2.45, 2.75) is 38.3 Å². The van der Waals surface area contributed by atoms with Crippen molar-refractivity contribution < 1.29 is 18.4 Å². The Balaban J connectivity index is 2.03. The standard InChI is InChI=1S/C15H16F2N2O2/c1-2-11-14(20)18-13(8-3-4-8)15(21)19(11)12-7-9(16)5-6-10(12)17/h5-8,11,13H,2-4H2,1H3,(H,18,20). The topological polar surface area (TPSA) is 49.4 Å². The zero-order valence-electron chi connectivity index (χ0n) is 11.6. The van der Waals surface area contributed by atoms with Crippen molar-refractivity contribution in [1.29, 1.82) is 0 Å². The average molecular weight is 294 g/mol. The molecule has 2 amide bonds. The molecule has 0 aromatic heterocycles. The summed E-state index contributed by atoms with van der Waals surface area (Å²) in [5.41, 5.74) is -0.160. The first kappa shape index (κ1) is 14.0. The van der Waals surface area contributed by atoms with Gasteiger partial charge in [0.05, 0.1) is 5.69 Å². The molecule has 1 saturated heterocycles. The van der Waals surface area contributed by atoms with E-state index in [2.05, 4.69) is 5.32 Å². The number of anilines is 1.